The fraction of sp³-hybridized carbons (Fsp3) is 0.267. The van der Waals surface area contributed by atoms with E-state index in [1.807, 2.05) is 13.8 Å². The smallest absolute Gasteiger partial charge is 0.349 e. The third-order valence-corrected chi connectivity index (χ3v) is 3.50. The molecule has 1 N–H and O–H groups in total. The van der Waals surface area contributed by atoms with Gasteiger partial charge in [0.25, 0.3) is 5.91 Å². The molecule has 0 spiro atoms. The molecule has 2 rings (SSSR count). The molecule has 0 radical (unpaired) electrons. The van der Waals surface area contributed by atoms with Crippen LogP contribution >= 0.6 is 11.3 Å². The van der Waals surface area contributed by atoms with Gasteiger partial charge in [-0.2, -0.15) is 0 Å². The Kier molecular flexibility index (Phi) is 5.11. The van der Waals surface area contributed by atoms with Crippen LogP contribution < -0.4 is 10.1 Å². The van der Waals surface area contributed by atoms with Crippen LogP contribution in [0.3, 0.4) is 0 Å². The Morgan fingerprint density at radius 2 is 2.00 bits per heavy atom. The minimum Gasteiger partial charge on any atom is -0.490 e. The molecule has 0 saturated carbocycles. The number of anilines is 1. The summed E-state index contributed by atoms with van der Waals surface area (Å²) in [5.41, 5.74) is 0.408. The van der Waals surface area contributed by atoms with E-state index in [0.717, 1.165) is 11.3 Å². The van der Waals surface area contributed by atoms with Crippen LogP contribution in [0.4, 0.5) is 5.13 Å². The second-order valence-corrected chi connectivity index (χ2v) is 5.67. The number of methoxy groups -OCH3 is 1. The van der Waals surface area contributed by atoms with E-state index >= 15 is 0 Å². The van der Waals surface area contributed by atoms with Gasteiger partial charge in [0.2, 0.25) is 0 Å². The maximum atomic E-state index is 12.3. The Morgan fingerprint density at radius 1 is 1.27 bits per heavy atom. The van der Waals surface area contributed by atoms with Crippen molar-refractivity contribution < 1.29 is 19.1 Å². The molecule has 0 aliphatic heterocycles. The van der Waals surface area contributed by atoms with Crippen molar-refractivity contribution in [1.82, 2.24) is 4.98 Å². The number of rotatable bonds is 5. The van der Waals surface area contributed by atoms with Crippen molar-refractivity contribution in [2.24, 2.45) is 0 Å². The summed E-state index contributed by atoms with van der Waals surface area (Å²) in [6.07, 6.45) is 1.32. The molecule has 0 bridgehead atoms. The van der Waals surface area contributed by atoms with Gasteiger partial charge < -0.3 is 9.47 Å². The molecule has 0 fully saturated rings. The highest BCUT2D eigenvalue weighted by molar-refractivity contribution is 7.17. The monoisotopic (exact) mass is 320 g/mol. The van der Waals surface area contributed by atoms with E-state index in [9.17, 15) is 9.59 Å². The Bertz CT molecular complexity index is 682. The van der Waals surface area contributed by atoms with Crippen molar-refractivity contribution in [3.63, 3.8) is 0 Å². The molecule has 0 aliphatic carbocycles. The minimum absolute atomic E-state index is 0.0419. The van der Waals surface area contributed by atoms with E-state index in [2.05, 4.69) is 15.0 Å². The molecule has 116 valence electrons. The molecule has 1 amide bonds. The number of carbonyl (C=O) groups excluding carboxylic acids is 2. The normalized spacial score (nSPS) is 10.4. The summed E-state index contributed by atoms with van der Waals surface area (Å²) in [4.78, 5) is 28.0. The number of hydrogen-bond acceptors (Lipinski definition) is 6. The fourth-order valence-corrected chi connectivity index (χ4v) is 2.43. The first-order valence-electron chi connectivity index (χ1n) is 6.62. The summed E-state index contributed by atoms with van der Waals surface area (Å²) < 4.78 is 10.2. The third kappa shape index (κ3) is 3.82. The zero-order valence-corrected chi connectivity index (χ0v) is 13.3. The highest BCUT2D eigenvalue weighted by atomic mass is 32.1. The zero-order chi connectivity index (χ0) is 16.1. The Labute approximate surface area is 132 Å². The lowest BCUT2D eigenvalue weighted by molar-refractivity contribution is 0.0606. The van der Waals surface area contributed by atoms with Gasteiger partial charge in [-0.1, -0.05) is 23.5 Å². The Balaban J connectivity index is 2.15. The number of carbonyl (C=O) groups is 2. The predicted octanol–water partition coefficient (Wildman–Crippen LogP) is 2.97. The molecule has 6 nitrogen and oxygen atoms in total. The average Bonchev–Trinajstić information content (AvgIpc) is 2.94. The highest BCUT2D eigenvalue weighted by Crippen LogP contribution is 2.23. The van der Waals surface area contributed by atoms with E-state index in [4.69, 9.17) is 4.74 Å². The van der Waals surface area contributed by atoms with Gasteiger partial charge >= 0.3 is 5.97 Å². The number of para-hydroxylation sites is 1. The molecule has 0 aliphatic rings. The molecule has 0 atom stereocenters. The van der Waals surface area contributed by atoms with E-state index in [1.165, 1.54) is 13.3 Å². The van der Waals surface area contributed by atoms with Crippen LogP contribution in [0.25, 0.3) is 0 Å². The number of ether oxygens (including phenoxy) is 2. The summed E-state index contributed by atoms with van der Waals surface area (Å²) in [6, 6.07) is 6.95. The van der Waals surface area contributed by atoms with Gasteiger partial charge in [-0.3, -0.25) is 10.1 Å². The first-order chi connectivity index (χ1) is 10.5. The number of nitrogens with one attached hydrogen (secondary N) is 1. The van der Waals surface area contributed by atoms with Crippen LogP contribution in [0, 0.1) is 0 Å². The summed E-state index contributed by atoms with van der Waals surface area (Å²) in [5.74, 6) is -0.330. The largest absolute Gasteiger partial charge is 0.490 e. The number of nitrogens with zero attached hydrogens (tertiary/aromatic N) is 1. The molecule has 2 aromatic rings. The van der Waals surface area contributed by atoms with Crippen LogP contribution in [-0.4, -0.2) is 30.1 Å². The zero-order valence-electron chi connectivity index (χ0n) is 12.5. The second kappa shape index (κ2) is 7.04. The first-order valence-corrected chi connectivity index (χ1v) is 7.44. The van der Waals surface area contributed by atoms with Crippen molar-refractivity contribution in [1.29, 1.82) is 0 Å². The van der Waals surface area contributed by atoms with Crippen LogP contribution in [0.5, 0.6) is 5.75 Å². The number of hydrogen-bond donors (Lipinski definition) is 1. The predicted molar refractivity (Wildman–Crippen MR) is 83.6 cm³/mol. The van der Waals surface area contributed by atoms with Gasteiger partial charge in [0.05, 0.1) is 25.0 Å². The summed E-state index contributed by atoms with van der Waals surface area (Å²) in [5, 5.41) is 2.98. The molecule has 1 aromatic carbocycles. The van der Waals surface area contributed by atoms with Crippen molar-refractivity contribution in [3.05, 3.63) is 40.9 Å². The maximum Gasteiger partial charge on any atom is 0.349 e. The van der Waals surface area contributed by atoms with E-state index in [-0.39, 0.29) is 12.0 Å². The SMILES string of the molecule is COC(=O)c1cnc(NC(=O)c2ccccc2OC(C)C)s1. The van der Waals surface area contributed by atoms with E-state index in [1.54, 1.807) is 24.3 Å². The Hall–Kier alpha value is -2.41. The van der Waals surface area contributed by atoms with Crippen LogP contribution in [0.1, 0.15) is 33.9 Å². The van der Waals surface area contributed by atoms with Crippen LogP contribution in [-0.2, 0) is 4.74 Å². The molecule has 7 heteroatoms. The summed E-state index contributed by atoms with van der Waals surface area (Å²) >= 11 is 1.05. The number of benzene rings is 1. The number of thiazole rings is 1. The topological polar surface area (TPSA) is 77.5 Å². The van der Waals surface area contributed by atoms with Gasteiger partial charge in [0.15, 0.2) is 5.13 Å². The van der Waals surface area contributed by atoms with Crippen molar-refractivity contribution in [2.75, 3.05) is 12.4 Å². The molecule has 1 heterocycles. The number of amides is 1. The first kappa shape index (κ1) is 16.0. The van der Waals surface area contributed by atoms with Crippen molar-refractivity contribution in [2.45, 2.75) is 20.0 Å². The molecule has 0 unspecified atom stereocenters. The van der Waals surface area contributed by atoms with Gasteiger partial charge in [-0.05, 0) is 26.0 Å². The second-order valence-electron chi connectivity index (χ2n) is 4.64. The summed E-state index contributed by atoms with van der Waals surface area (Å²) in [6.45, 7) is 3.77. The van der Waals surface area contributed by atoms with Gasteiger partial charge in [-0.25, -0.2) is 9.78 Å². The van der Waals surface area contributed by atoms with Gasteiger partial charge in [0, 0.05) is 0 Å². The lowest BCUT2D eigenvalue weighted by Gasteiger charge is -2.13. The van der Waals surface area contributed by atoms with Gasteiger partial charge in [0.1, 0.15) is 10.6 Å². The van der Waals surface area contributed by atoms with Crippen LogP contribution in [0.15, 0.2) is 30.5 Å². The molecular weight excluding hydrogens is 304 g/mol. The summed E-state index contributed by atoms with van der Waals surface area (Å²) in [7, 11) is 1.29. The quantitative estimate of drug-likeness (QED) is 0.857. The number of aromatic nitrogens is 1. The standard InChI is InChI=1S/C15H16N2O4S/c1-9(2)21-11-7-5-4-6-10(11)13(18)17-15-16-8-12(22-15)14(19)20-3/h4-9H,1-3H3,(H,16,17,18). The third-order valence-electron chi connectivity index (χ3n) is 2.61. The minimum atomic E-state index is -0.485. The lowest BCUT2D eigenvalue weighted by atomic mass is 10.2. The molecule has 1 aromatic heterocycles. The fourth-order valence-electron chi connectivity index (χ4n) is 1.70. The van der Waals surface area contributed by atoms with Crippen LogP contribution in [0.2, 0.25) is 0 Å². The Morgan fingerprint density at radius 3 is 2.68 bits per heavy atom. The number of esters is 1. The van der Waals surface area contributed by atoms with E-state index < -0.39 is 5.97 Å². The molecule has 0 saturated heterocycles. The van der Waals surface area contributed by atoms with E-state index in [0.29, 0.717) is 21.3 Å². The molecule has 22 heavy (non-hydrogen) atoms. The average molecular weight is 320 g/mol. The van der Waals surface area contributed by atoms with Crippen molar-refractivity contribution in [3.8, 4) is 5.75 Å². The van der Waals surface area contributed by atoms with Crippen molar-refractivity contribution >= 4 is 28.3 Å². The van der Waals surface area contributed by atoms with Gasteiger partial charge in [-0.15, -0.1) is 0 Å². The molecular formula is C15H16N2O4S. The maximum absolute atomic E-state index is 12.3. The lowest BCUT2D eigenvalue weighted by Crippen LogP contribution is -2.15. The highest BCUT2D eigenvalue weighted by Gasteiger charge is 2.16.